The summed E-state index contributed by atoms with van der Waals surface area (Å²) in [5.41, 5.74) is 1.93. The van der Waals surface area contributed by atoms with Gasteiger partial charge >= 0.3 is 6.09 Å². The van der Waals surface area contributed by atoms with Crippen LogP contribution in [0.2, 0.25) is 0 Å². The van der Waals surface area contributed by atoms with Gasteiger partial charge in [0.25, 0.3) is 0 Å². The van der Waals surface area contributed by atoms with Gasteiger partial charge in [0, 0.05) is 45.8 Å². The molecule has 3 heterocycles. The Kier molecular flexibility index (Phi) is 5.83. The van der Waals surface area contributed by atoms with Crippen LogP contribution in [0.4, 0.5) is 4.79 Å². The predicted molar refractivity (Wildman–Crippen MR) is 114 cm³/mol. The van der Waals surface area contributed by atoms with E-state index in [0.717, 1.165) is 50.7 Å². The smallest absolute Gasteiger partial charge is 0.409 e. The lowest BCUT2D eigenvalue weighted by Gasteiger charge is -2.51. The van der Waals surface area contributed by atoms with Gasteiger partial charge < -0.3 is 19.9 Å². The number of ether oxygens (including phenoxy) is 1. The maximum Gasteiger partial charge on any atom is 0.409 e. The molecule has 1 saturated carbocycles. The fraction of sp³-hybridized carbons (Fsp3) is 0.810. The molecule has 6 nitrogen and oxygen atoms in total. The summed E-state index contributed by atoms with van der Waals surface area (Å²) in [6.07, 6.45) is 9.54. The van der Waals surface area contributed by atoms with Crippen molar-refractivity contribution in [2.75, 3.05) is 46.4 Å². The normalized spacial score (nSPS) is 33.0. The first-order valence-electron chi connectivity index (χ1n) is 10.9. The quantitative estimate of drug-likeness (QED) is 0.574. The summed E-state index contributed by atoms with van der Waals surface area (Å²) in [5.74, 6) is 0. The molecule has 1 spiro atoms. The molecule has 28 heavy (non-hydrogen) atoms. The van der Waals surface area contributed by atoms with Gasteiger partial charge in [-0.25, -0.2) is 4.79 Å². The van der Waals surface area contributed by atoms with Crippen LogP contribution in [-0.2, 0) is 4.74 Å². The minimum Gasteiger partial charge on any atom is -0.450 e. The molecule has 1 N–H and O–H groups in total. The fourth-order valence-corrected chi connectivity index (χ4v) is 5.93. The molecule has 156 valence electrons. The summed E-state index contributed by atoms with van der Waals surface area (Å²) in [6, 6.07) is 1.18. The highest BCUT2D eigenvalue weighted by atomic mass is 32.1. The summed E-state index contributed by atoms with van der Waals surface area (Å²) in [5, 5.41) is 4.04. The summed E-state index contributed by atoms with van der Waals surface area (Å²) < 4.78 is 5.18. The van der Waals surface area contributed by atoms with Crippen molar-refractivity contribution in [3.8, 4) is 0 Å². The molecule has 1 aliphatic carbocycles. The molecule has 0 bridgehead atoms. The first-order chi connectivity index (χ1) is 13.5. The molecule has 0 unspecified atom stereocenters. The van der Waals surface area contributed by atoms with Crippen LogP contribution in [0.5, 0.6) is 0 Å². The van der Waals surface area contributed by atoms with E-state index in [9.17, 15) is 4.79 Å². The predicted octanol–water partition coefficient (Wildman–Crippen LogP) is 2.60. The molecule has 0 aromatic rings. The van der Waals surface area contributed by atoms with E-state index in [1.165, 1.54) is 25.7 Å². The number of thiocarbonyl (C=S) groups is 1. The second-order valence-corrected chi connectivity index (χ2v) is 9.25. The van der Waals surface area contributed by atoms with Crippen LogP contribution in [0.1, 0.15) is 45.4 Å². The van der Waals surface area contributed by atoms with E-state index in [-0.39, 0.29) is 6.09 Å². The maximum atomic E-state index is 12.0. The number of hydrogen-bond donors (Lipinski definition) is 1. The van der Waals surface area contributed by atoms with Crippen LogP contribution in [0.25, 0.3) is 0 Å². The van der Waals surface area contributed by atoms with E-state index in [0.29, 0.717) is 24.1 Å². The lowest BCUT2D eigenvalue weighted by atomic mass is 9.64. The van der Waals surface area contributed by atoms with Crippen molar-refractivity contribution >= 4 is 23.4 Å². The number of nitrogens with one attached hydrogen (secondary N) is 1. The topological polar surface area (TPSA) is 48.1 Å². The summed E-state index contributed by atoms with van der Waals surface area (Å²) in [6.45, 7) is 7.38. The number of likely N-dealkylation sites (tertiary alicyclic amines) is 2. The molecular weight excluding hydrogens is 372 g/mol. The van der Waals surface area contributed by atoms with Gasteiger partial charge in [0.2, 0.25) is 0 Å². The largest absolute Gasteiger partial charge is 0.450 e. The minimum absolute atomic E-state index is 0.131. The van der Waals surface area contributed by atoms with Crippen LogP contribution >= 0.6 is 12.2 Å². The third kappa shape index (κ3) is 3.75. The lowest BCUT2D eigenvalue weighted by molar-refractivity contribution is 0.00985. The molecule has 4 rings (SSSR count). The Balaban J connectivity index is 1.28. The second kappa shape index (κ2) is 8.19. The Labute approximate surface area is 174 Å². The standard InChI is InChI=1S/C21H34N4O2S/c1-3-27-20(26)24-12-8-21(15-24)13-17(14-21)23-10-6-16(7-11-23)18-5-4-9-25(18)19(28)22-2/h6,17-18H,3-5,7-15H2,1-2H3,(H,22,28)/t17?,18-,21?/m0/s1. The minimum atomic E-state index is -0.131. The molecule has 2 saturated heterocycles. The summed E-state index contributed by atoms with van der Waals surface area (Å²) in [4.78, 5) is 18.9. The van der Waals surface area contributed by atoms with Crippen LogP contribution in [0, 0.1) is 5.41 Å². The average molecular weight is 407 g/mol. The van der Waals surface area contributed by atoms with Gasteiger partial charge in [0.1, 0.15) is 0 Å². The highest BCUT2D eigenvalue weighted by molar-refractivity contribution is 7.80. The maximum absolute atomic E-state index is 12.0. The van der Waals surface area contributed by atoms with Crippen molar-refractivity contribution in [2.24, 2.45) is 5.41 Å². The zero-order chi connectivity index (χ0) is 19.7. The molecule has 1 amide bonds. The van der Waals surface area contributed by atoms with Crippen LogP contribution < -0.4 is 5.32 Å². The molecule has 0 aromatic carbocycles. The van der Waals surface area contributed by atoms with Gasteiger partial charge in [-0.3, -0.25) is 4.90 Å². The third-order valence-corrected chi connectivity index (χ3v) is 7.69. The SMILES string of the molecule is CCOC(=O)N1CCC2(CC(N3CC=C([C@@H]4CCCN4C(=S)NC)CC3)C2)C1. The highest BCUT2D eigenvalue weighted by Crippen LogP contribution is 2.50. The Hall–Kier alpha value is -1.34. The molecule has 1 atom stereocenters. The third-order valence-electron chi connectivity index (χ3n) is 7.25. The zero-order valence-electron chi connectivity index (χ0n) is 17.3. The van der Waals surface area contributed by atoms with Crippen LogP contribution in [-0.4, -0.2) is 84.4 Å². The monoisotopic (exact) mass is 406 g/mol. The van der Waals surface area contributed by atoms with E-state index < -0.39 is 0 Å². The molecular formula is C21H34N4O2S. The number of hydrogen-bond acceptors (Lipinski definition) is 4. The number of amides is 1. The van der Waals surface area contributed by atoms with Crippen molar-refractivity contribution in [1.82, 2.24) is 20.0 Å². The molecule has 4 aliphatic rings. The Bertz CT molecular complexity index is 646. The zero-order valence-corrected chi connectivity index (χ0v) is 18.1. The van der Waals surface area contributed by atoms with Gasteiger partial charge in [-0.15, -0.1) is 0 Å². The van der Waals surface area contributed by atoms with Crippen LogP contribution in [0.15, 0.2) is 11.6 Å². The molecule has 3 aliphatic heterocycles. The molecule has 7 heteroatoms. The van der Waals surface area contributed by atoms with E-state index in [2.05, 4.69) is 21.2 Å². The molecule has 3 fully saturated rings. The van der Waals surface area contributed by atoms with E-state index in [1.807, 2.05) is 18.9 Å². The Morgan fingerprint density at radius 2 is 2.18 bits per heavy atom. The van der Waals surface area contributed by atoms with Crippen molar-refractivity contribution in [3.63, 3.8) is 0 Å². The van der Waals surface area contributed by atoms with E-state index in [4.69, 9.17) is 17.0 Å². The second-order valence-electron chi connectivity index (χ2n) is 8.86. The highest BCUT2D eigenvalue weighted by Gasteiger charge is 2.51. The molecule has 0 aromatic heterocycles. The first kappa shape index (κ1) is 20.0. The first-order valence-corrected chi connectivity index (χ1v) is 11.3. The lowest BCUT2D eigenvalue weighted by Crippen LogP contribution is -2.53. The van der Waals surface area contributed by atoms with Gasteiger partial charge in [0.05, 0.1) is 12.6 Å². The fourth-order valence-electron chi connectivity index (χ4n) is 5.71. The number of carbonyl (C=O) groups excluding carboxylic acids is 1. The van der Waals surface area contributed by atoms with Gasteiger partial charge in [-0.2, -0.15) is 0 Å². The van der Waals surface area contributed by atoms with Crippen molar-refractivity contribution in [3.05, 3.63) is 11.6 Å². The Morgan fingerprint density at radius 3 is 2.86 bits per heavy atom. The van der Waals surface area contributed by atoms with Gasteiger partial charge in [0.15, 0.2) is 5.11 Å². The number of nitrogens with zero attached hydrogens (tertiary/aromatic N) is 3. The number of rotatable bonds is 3. The van der Waals surface area contributed by atoms with Crippen molar-refractivity contribution in [2.45, 2.75) is 57.5 Å². The van der Waals surface area contributed by atoms with Gasteiger partial charge in [-0.05, 0) is 68.7 Å². The summed E-state index contributed by atoms with van der Waals surface area (Å²) in [7, 11) is 1.92. The van der Waals surface area contributed by atoms with Crippen molar-refractivity contribution in [1.29, 1.82) is 0 Å². The number of carbonyl (C=O) groups is 1. The molecule has 0 radical (unpaired) electrons. The van der Waals surface area contributed by atoms with Crippen LogP contribution in [0.3, 0.4) is 0 Å². The van der Waals surface area contributed by atoms with E-state index >= 15 is 0 Å². The Morgan fingerprint density at radius 1 is 1.36 bits per heavy atom. The van der Waals surface area contributed by atoms with Gasteiger partial charge in [-0.1, -0.05) is 6.08 Å². The average Bonchev–Trinajstić information content (AvgIpc) is 3.34. The van der Waals surface area contributed by atoms with E-state index in [1.54, 1.807) is 5.57 Å². The van der Waals surface area contributed by atoms with Crippen molar-refractivity contribution < 1.29 is 9.53 Å². The summed E-state index contributed by atoms with van der Waals surface area (Å²) >= 11 is 5.50.